The van der Waals surface area contributed by atoms with Crippen molar-refractivity contribution < 1.29 is 9.63 Å². The van der Waals surface area contributed by atoms with E-state index in [-0.39, 0.29) is 12.0 Å². The number of nitrogens with zero attached hydrogens (tertiary/aromatic N) is 3. The maximum Gasteiger partial charge on any atom is 0.223 e. The van der Waals surface area contributed by atoms with Gasteiger partial charge in [-0.15, -0.1) is 0 Å². The summed E-state index contributed by atoms with van der Waals surface area (Å²) in [6.45, 7) is 6.83. The summed E-state index contributed by atoms with van der Waals surface area (Å²) in [5, 5.41) is 13.3. The van der Waals surface area contributed by atoms with Gasteiger partial charge in [-0.1, -0.05) is 12.1 Å². The molecule has 0 aromatic carbocycles. The van der Waals surface area contributed by atoms with Crippen molar-refractivity contribution in [3.05, 3.63) is 11.7 Å². The molecule has 1 fully saturated rings. The van der Waals surface area contributed by atoms with Crippen molar-refractivity contribution in [2.75, 3.05) is 19.7 Å². The number of aliphatic hydroxyl groups excluding tert-OH is 1. The Bertz CT molecular complexity index is 353. The molecule has 0 saturated carbocycles. The highest BCUT2D eigenvalue weighted by Crippen LogP contribution is 2.29. The summed E-state index contributed by atoms with van der Waals surface area (Å²) >= 11 is 0. The fourth-order valence-corrected chi connectivity index (χ4v) is 2.30. The fraction of sp³-hybridized carbons (Fsp3) is 0.818. The van der Waals surface area contributed by atoms with Gasteiger partial charge in [0.05, 0.1) is 6.54 Å². The Morgan fingerprint density at radius 3 is 3.00 bits per heavy atom. The van der Waals surface area contributed by atoms with Gasteiger partial charge < -0.3 is 9.63 Å². The van der Waals surface area contributed by atoms with Crippen LogP contribution in [0, 0.1) is 12.3 Å². The Balaban J connectivity index is 1.95. The van der Waals surface area contributed by atoms with E-state index in [2.05, 4.69) is 22.0 Å². The smallest absolute Gasteiger partial charge is 0.223 e. The summed E-state index contributed by atoms with van der Waals surface area (Å²) < 4.78 is 4.95. The molecule has 2 rings (SSSR count). The quantitative estimate of drug-likeness (QED) is 0.830. The molecule has 1 aliphatic rings. The first-order valence-corrected chi connectivity index (χ1v) is 5.74. The number of aliphatic hydroxyl groups is 1. The number of aryl methyl sites for hydroxylation is 1. The normalized spacial score (nSPS) is 27.2. The minimum absolute atomic E-state index is 0.0248. The average Bonchev–Trinajstić information content (AvgIpc) is 2.64. The second-order valence-electron chi connectivity index (χ2n) is 5.01. The molecule has 90 valence electrons. The first-order chi connectivity index (χ1) is 7.61. The number of likely N-dealkylation sites (tertiary alicyclic amines) is 1. The molecular formula is C11H19N3O2. The van der Waals surface area contributed by atoms with E-state index in [0.717, 1.165) is 31.8 Å². The van der Waals surface area contributed by atoms with E-state index in [1.165, 1.54) is 0 Å². The highest BCUT2D eigenvalue weighted by Gasteiger charge is 2.30. The largest absolute Gasteiger partial charge is 0.396 e. The van der Waals surface area contributed by atoms with E-state index in [0.29, 0.717) is 12.4 Å². The Hall–Kier alpha value is -0.940. The van der Waals surface area contributed by atoms with Crippen LogP contribution in [0.2, 0.25) is 0 Å². The predicted octanol–water partition coefficient (Wildman–Crippen LogP) is 0.972. The molecular weight excluding hydrogens is 206 g/mol. The standard InChI is InChI=1S/C11H19N3O2/c1-9-12-10(13-16-9)6-14-5-3-4-11(2,7-14)8-15/h15H,3-8H2,1-2H3/t11-/m0/s1. The minimum Gasteiger partial charge on any atom is -0.396 e. The van der Waals surface area contributed by atoms with E-state index in [9.17, 15) is 5.11 Å². The molecule has 1 atom stereocenters. The molecule has 0 amide bonds. The van der Waals surface area contributed by atoms with Crippen molar-refractivity contribution in [2.24, 2.45) is 5.41 Å². The Morgan fingerprint density at radius 1 is 1.56 bits per heavy atom. The van der Waals surface area contributed by atoms with Gasteiger partial charge >= 0.3 is 0 Å². The van der Waals surface area contributed by atoms with Gasteiger partial charge in [0.2, 0.25) is 5.89 Å². The van der Waals surface area contributed by atoms with E-state index < -0.39 is 0 Å². The zero-order chi connectivity index (χ0) is 11.6. The summed E-state index contributed by atoms with van der Waals surface area (Å²) in [6.07, 6.45) is 2.21. The molecule has 1 saturated heterocycles. The molecule has 0 spiro atoms. The second-order valence-corrected chi connectivity index (χ2v) is 5.01. The van der Waals surface area contributed by atoms with Gasteiger partial charge in [-0.2, -0.15) is 4.98 Å². The molecule has 0 bridgehead atoms. The highest BCUT2D eigenvalue weighted by atomic mass is 16.5. The number of piperidine rings is 1. The van der Waals surface area contributed by atoms with Crippen LogP contribution in [0.15, 0.2) is 4.52 Å². The van der Waals surface area contributed by atoms with Crippen LogP contribution in [0.3, 0.4) is 0 Å². The van der Waals surface area contributed by atoms with Gasteiger partial charge in [0.1, 0.15) is 0 Å². The number of rotatable bonds is 3. The number of hydrogen-bond donors (Lipinski definition) is 1. The second kappa shape index (κ2) is 4.51. The van der Waals surface area contributed by atoms with Crippen molar-refractivity contribution in [3.63, 3.8) is 0 Å². The first kappa shape index (κ1) is 11.5. The van der Waals surface area contributed by atoms with Gasteiger partial charge in [0, 0.05) is 25.5 Å². The lowest BCUT2D eigenvalue weighted by atomic mass is 9.83. The molecule has 1 aliphatic heterocycles. The fourth-order valence-electron chi connectivity index (χ4n) is 2.30. The molecule has 16 heavy (non-hydrogen) atoms. The van der Waals surface area contributed by atoms with Crippen LogP contribution in [0.1, 0.15) is 31.5 Å². The first-order valence-electron chi connectivity index (χ1n) is 5.74. The van der Waals surface area contributed by atoms with Gasteiger partial charge in [-0.05, 0) is 19.4 Å². The predicted molar refractivity (Wildman–Crippen MR) is 58.7 cm³/mol. The molecule has 1 aromatic heterocycles. The zero-order valence-corrected chi connectivity index (χ0v) is 9.94. The maximum absolute atomic E-state index is 9.36. The van der Waals surface area contributed by atoms with Crippen LogP contribution in [0.4, 0.5) is 0 Å². The number of hydrogen-bond acceptors (Lipinski definition) is 5. The summed E-state index contributed by atoms with van der Waals surface area (Å²) in [6, 6.07) is 0. The van der Waals surface area contributed by atoms with Gasteiger partial charge in [-0.3, -0.25) is 4.90 Å². The Morgan fingerprint density at radius 2 is 2.38 bits per heavy atom. The zero-order valence-electron chi connectivity index (χ0n) is 9.94. The maximum atomic E-state index is 9.36. The Labute approximate surface area is 95.4 Å². The number of aromatic nitrogens is 2. The van der Waals surface area contributed by atoms with Crippen molar-refractivity contribution >= 4 is 0 Å². The van der Waals surface area contributed by atoms with Gasteiger partial charge in [0.15, 0.2) is 5.82 Å². The summed E-state index contributed by atoms with van der Waals surface area (Å²) in [4.78, 5) is 6.48. The lowest BCUT2D eigenvalue weighted by Gasteiger charge is -2.38. The van der Waals surface area contributed by atoms with Crippen LogP contribution >= 0.6 is 0 Å². The van der Waals surface area contributed by atoms with Crippen molar-refractivity contribution in [1.29, 1.82) is 0 Å². The molecule has 5 nitrogen and oxygen atoms in total. The Kier molecular flexibility index (Phi) is 3.25. The van der Waals surface area contributed by atoms with Crippen LogP contribution in [-0.4, -0.2) is 39.8 Å². The molecule has 2 heterocycles. The topological polar surface area (TPSA) is 62.4 Å². The molecule has 0 radical (unpaired) electrons. The highest BCUT2D eigenvalue weighted by molar-refractivity contribution is 4.88. The van der Waals surface area contributed by atoms with Crippen molar-refractivity contribution in [3.8, 4) is 0 Å². The van der Waals surface area contributed by atoms with Crippen molar-refractivity contribution in [2.45, 2.75) is 33.2 Å². The van der Waals surface area contributed by atoms with E-state index >= 15 is 0 Å². The monoisotopic (exact) mass is 225 g/mol. The average molecular weight is 225 g/mol. The van der Waals surface area contributed by atoms with Crippen LogP contribution < -0.4 is 0 Å². The lowest BCUT2D eigenvalue weighted by molar-refractivity contribution is 0.0414. The SMILES string of the molecule is Cc1nc(CN2CCC[C@](C)(CO)C2)no1. The van der Waals surface area contributed by atoms with E-state index in [1.54, 1.807) is 6.92 Å². The third-order valence-electron chi connectivity index (χ3n) is 3.18. The van der Waals surface area contributed by atoms with Crippen LogP contribution in [0.25, 0.3) is 0 Å². The van der Waals surface area contributed by atoms with Crippen LogP contribution in [0.5, 0.6) is 0 Å². The summed E-state index contributed by atoms with van der Waals surface area (Å²) in [5.41, 5.74) is 0.0248. The third kappa shape index (κ3) is 2.59. The molecule has 1 N–H and O–H groups in total. The van der Waals surface area contributed by atoms with Crippen LogP contribution in [-0.2, 0) is 6.54 Å². The van der Waals surface area contributed by atoms with Gasteiger partial charge in [0.25, 0.3) is 0 Å². The minimum atomic E-state index is 0.0248. The third-order valence-corrected chi connectivity index (χ3v) is 3.18. The molecule has 5 heteroatoms. The molecule has 0 aliphatic carbocycles. The summed E-state index contributed by atoms with van der Waals surface area (Å²) in [5.74, 6) is 1.34. The van der Waals surface area contributed by atoms with Crippen molar-refractivity contribution in [1.82, 2.24) is 15.0 Å². The lowest BCUT2D eigenvalue weighted by Crippen LogP contribution is -2.43. The van der Waals surface area contributed by atoms with Gasteiger partial charge in [-0.25, -0.2) is 0 Å². The molecule has 0 unspecified atom stereocenters. The summed E-state index contributed by atoms with van der Waals surface area (Å²) in [7, 11) is 0. The van der Waals surface area contributed by atoms with E-state index in [4.69, 9.17) is 4.52 Å². The molecule has 1 aromatic rings. The van der Waals surface area contributed by atoms with E-state index in [1.807, 2.05) is 0 Å².